The van der Waals surface area contributed by atoms with Crippen molar-refractivity contribution in [2.24, 2.45) is 0 Å². The molecule has 7 heteroatoms. The summed E-state index contributed by atoms with van der Waals surface area (Å²) in [6.45, 7) is 2.10. The number of methoxy groups -OCH3 is 1. The molecular weight excluding hydrogens is 430 g/mol. The zero-order chi connectivity index (χ0) is 23.8. The van der Waals surface area contributed by atoms with E-state index in [9.17, 15) is 14.4 Å². The summed E-state index contributed by atoms with van der Waals surface area (Å²) < 4.78 is 4.69. The second-order valence-electron chi connectivity index (χ2n) is 8.62. The average Bonchev–Trinajstić information content (AvgIpc) is 3.34. The van der Waals surface area contributed by atoms with Crippen LogP contribution in [0.4, 0.5) is 11.4 Å². The third kappa shape index (κ3) is 3.90. The van der Waals surface area contributed by atoms with Gasteiger partial charge >= 0.3 is 5.97 Å². The number of hydrogen-bond donors (Lipinski definition) is 3. The normalized spacial score (nSPS) is 15.5. The first-order chi connectivity index (χ1) is 16.4. The van der Waals surface area contributed by atoms with Crippen molar-refractivity contribution in [2.75, 3.05) is 17.7 Å². The molecule has 1 aliphatic carbocycles. The lowest BCUT2D eigenvalue weighted by Crippen LogP contribution is -2.12. The molecule has 2 aliphatic rings. The smallest absolute Gasteiger partial charge is 0.337 e. The summed E-state index contributed by atoms with van der Waals surface area (Å²) in [5, 5.41) is 5.78. The predicted molar refractivity (Wildman–Crippen MR) is 131 cm³/mol. The molecule has 3 N–H and O–H groups in total. The molecule has 172 valence electrons. The number of amides is 2. The Hall–Kier alpha value is -4.13. The molecule has 7 nitrogen and oxygen atoms in total. The maximum atomic E-state index is 12.7. The molecule has 0 radical (unpaired) electrons. The Bertz CT molecular complexity index is 1350. The molecule has 2 aromatic carbocycles. The van der Waals surface area contributed by atoms with Crippen LogP contribution in [0.3, 0.4) is 0 Å². The third-order valence-electron chi connectivity index (χ3n) is 6.53. The first kappa shape index (κ1) is 21.7. The number of H-pyrrole nitrogens is 1. The van der Waals surface area contributed by atoms with Gasteiger partial charge in [-0.1, -0.05) is 0 Å². The van der Waals surface area contributed by atoms with Gasteiger partial charge in [0.2, 0.25) is 0 Å². The van der Waals surface area contributed by atoms with Crippen molar-refractivity contribution in [3.8, 4) is 0 Å². The minimum atomic E-state index is -0.458. The maximum Gasteiger partial charge on any atom is 0.337 e. The highest BCUT2D eigenvalue weighted by Crippen LogP contribution is 2.36. The molecule has 2 heterocycles. The molecule has 0 spiro atoms. The number of esters is 1. The third-order valence-corrected chi connectivity index (χ3v) is 6.53. The van der Waals surface area contributed by atoms with Gasteiger partial charge in [0.1, 0.15) is 0 Å². The molecule has 0 unspecified atom stereocenters. The number of rotatable bonds is 4. The minimum Gasteiger partial charge on any atom is -0.465 e. The Balaban J connectivity index is 1.41. The van der Waals surface area contributed by atoms with E-state index in [1.807, 2.05) is 6.08 Å². The van der Waals surface area contributed by atoms with E-state index in [1.165, 1.54) is 36.8 Å². The predicted octanol–water partition coefficient (Wildman–Crippen LogP) is 4.73. The van der Waals surface area contributed by atoms with Gasteiger partial charge in [-0.05, 0) is 92.3 Å². The second-order valence-corrected chi connectivity index (χ2v) is 8.62. The Morgan fingerprint density at radius 2 is 1.76 bits per heavy atom. The number of anilines is 2. The van der Waals surface area contributed by atoms with Gasteiger partial charge in [-0.2, -0.15) is 0 Å². The largest absolute Gasteiger partial charge is 0.465 e. The molecule has 1 aromatic heterocycles. The van der Waals surface area contributed by atoms with E-state index in [4.69, 9.17) is 0 Å². The van der Waals surface area contributed by atoms with Crippen LogP contribution in [-0.2, 0) is 22.4 Å². The number of aromatic amines is 1. The molecule has 3 aromatic rings. The molecule has 2 amide bonds. The minimum absolute atomic E-state index is 0.163. The number of nitrogens with one attached hydrogen (secondary N) is 3. The van der Waals surface area contributed by atoms with Gasteiger partial charge < -0.3 is 20.4 Å². The molecule has 0 fully saturated rings. The van der Waals surface area contributed by atoms with Crippen molar-refractivity contribution in [1.82, 2.24) is 4.98 Å². The summed E-state index contributed by atoms with van der Waals surface area (Å²) in [6.07, 6.45) is 6.39. The van der Waals surface area contributed by atoms with Gasteiger partial charge in [-0.25, -0.2) is 4.79 Å². The van der Waals surface area contributed by atoms with E-state index in [1.54, 1.807) is 42.5 Å². The molecular formula is C27H25N3O4. The molecule has 5 rings (SSSR count). The van der Waals surface area contributed by atoms with Crippen molar-refractivity contribution in [1.29, 1.82) is 0 Å². The van der Waals surface area contributed by atoms with Crippen LogP contribution in [0.2, 0.25) is 0 Å². The summed E-state index contributed by atoms with van der Waals surface area (Å²) in [7, 11) is 1.31. The van der Waals surface area contributed by atoms with E-state index in [0.29, 0.717) is 28.1 Å². The van der Waals surface area contributed by atoms with Gasteiger partial charge in [-0.3, -0.25) is 9.59 Å². The lowest BCUT2D eigenvalue weighted by molar-refractivity contribution is -0.110. The lowest BCUT2D eigenvalue weighted by atomic mass is 9.95. The monoisotopic (exact) mass is 455 g/mol. The van der Waals surface area contributed by atoms with E-state index < -0.39 is 5.97 Å². The van der Waals surface area contributed by atoms with Crippen molar-refractivity contribution < 1.29 is 19.1 Å². The summed E-state index contributed by atoms with van der Waals surface area (Å²) >= 11 is 0. The summed E-state index contributed by atoms with van der Waals surface area (Å²) in [5.41, 5.74) is 8.18. The van der Waals surface area contributed by atoms with Crippen molar-refractivity contribution in [3.63, 3.8) is 0 Å². The van der Waals surface area contributed by atoms with Gasteiger partial charge in [0, 0.05) is 33.9 Å². The molecule has 0 saturated heterocycles. The van der Waals surface area contributed by atoms with E-state index in [2.05, 4.69) is 27.3 Å². The SMILES string of the molecule is COC(=O)c1ccc(C(=O)Nc2ccc3c(c2)C(=Cc2[nH]c4c(c2C)CCCC4)C(=O)N3)cc1. The highest BCUT2D eigenvalue weighted by atomic mass is 16.5. The number of carbonyl (C=O) groups is 3. The Kier molecular flexibility index (Phi) is 5.53. The summed E-state index contributed by atoms with van der Waals surface area (Å²) in [6, 6.07) is 11.6. The van der Waals surface area contributed by atoms with Crippen LogP contribution in [0, 0.1) is 6.92 Å². The zero-order valence-electron chi connectivity index (χ0n) is 19.1. The van der Waals surface area contributed by atoms with Gasteiger partial charge in [0.25, 0.3) is 11.8 Å². The fourth-order valence-electron chi connectivity index (χ4n) is 4.65. The van der Waals surface area contributed by atoms with E-state index in [0.717, 1.165) is 24.1 Å². The maximum absolute atomic E-state index is 12.7. The molecule has 0 atom stereocenters. The van der Waals surface area contributed by atoms with Crippen LogP contribution in [0.25, 0.3) is 11.6 Å². The number of ether oxygens (including phenoxy) is 1. The standard InChI is InChI=1S/C27H25N3O4/c1-15-19-5-3-4-6-22(19)29-24(15)14-21-20-13-18(11-12-23(20)30-26(21)32)28-25(31)16-7-9-17(10-8-16)27(33)34-2/h7-14,29H,3-6H2,1-2H3,(H,28,31)(H,30,32). The topological polar surface area (TPSA) is 100 Å². The Morgan fingerprint density at radius 3 is 2.50 bits per heavy atom. The van der Waals surface area contributed by atoms with Crippen LogP contribution in [0.5, 0.6) is 0 Å². The van der Waals surface area contributed by atoms with E-state index in [-0.39, 0.29) is 11.8 Å². The van der Waals surface area contributed by atoms with Crippen LogP contribution in [0.1, 0.15) is 61.6 Å². The fraction of sp³-hybridized carbons (Fsp3) is 0.222. The lowest BCUT2D eigenvalue weighted by Gasteiger charge is -2.10. The first-order valence-electron chi connectivity index (χ1n) is 11.3. The van der Waals surface area contributed by atoms with Crippen LogP contribution in [0.15, 0.2) is 42.5 Å². The Morgan fingerprint density at radius 1 is 1.03 bits per heavy atom. The number of aromatic nitrogens is 1. The van der Waals surface area contributed by atoms with Crippen LogP contribution >= 0.6 is 0 Å². The van der Waals surface area contributed by atoms with Gasteiger partial charge in [-0.15, -0.1) is 0 Å². The van der Waals surface area contributed by atoms with Crippen molar-refractivity contribution in [3.05, 3.63) is 81.7 Å². The first-order valence-corrected chi connectivity index (χ1v) is 11.3. The van der Waals surface area contributed by atoms with Crippen molar-refractivity contribution >= 4 is 40.8 Å². The summed E-state index contributed by atoms with van der Waals surface area (Å²) in [4.78, 5) is 40.6. The van der Waals surface area contributed by atoms with Gasteiger partial charge in [0.05, 0.1) is 18.2 Å². The molecule has 1 aliphatic heterocycles. The highest BCUT2D eigenvalue weighted by Gasteiger charge is 2.26. The van der Waals surface area contributed by atoms with Crippen molar-refractivity contribution in [2.45, 2.75) is 32.6 Å². The zero-order valence-corrected chi connectivity index (χ0v) is 19.1. The van der Waals surface area contributed by atoms with Crippen LogP contribution < -0.4 is 10.6 Å². The number of benzene rings is 2. The number of carbonyl (C=O) groups excluding carboxylic acids is 3. The highest BCUT2D eigenvalue weighted by molar-refractivity contribution is 6.35. The molecule has 0 bridgehead atoms. The fourth-order valence-corrected chi connectivity index (χ4v) is 4.65. The number of aryl methyl sites for hydroxylation is 1. The summed E-state index contributed by atoms with van der Waals surface area (Å²) in [5.74, 6) is -0.934. The average molecular weight is 456 g/mol. The quantitative estimate of drug-likeness (QED) is 0.391. The van der Waals surface area contributed by atoms with Gasteiger partial charge in [0.15, 0.2) is 0 Å². The second kappa shape index (κ2) is 8.67. The Labute approximate surface area is 197 Å². The number of fused-ring (bicyclic) bond motifs is 2. The van der Waals surface area contributed by atoms with E-state index >= 15 is 0 Å². The molecule has 0 saturated carbocycles. The number of hydrogen-bond acceptors (Lipinski definition) is 4. The molecule has 34 heavy (non-hydrogen) atoms. The van der Waals surface area contributed by atoms with Crippen LogP contribution in [-0.4, -0.2) is 29.9 Å².